The van der Waals surface area contributed by atoms with Crippen LogP contribution in [0, 0.1) is 5.92 Å². The van der Waals surface area contributed by atoms with E-state index in [9.17, 15) is 9.59 Å². The quantitative estimate of drug-likeness (QED) is 0.211. The van der Waals surface area contributed by atoms with E-state index in [1.165, 1.54) is 0 Å². The highest BCUT2D eigenvalue weighted by Crippen LogP contribution is 2.18. The molecule has 2 amide bonds. The molecule has 1 aliphatic rings. The molecule has 36 heavy (non-hydrogen) atoms. The molecule has 5 heteroatoms. The van der Waals surface area contributed by atoms with E-state index in [2.05, 4.69) is 78.0 Å². The average molecular weight is 490 g/mol. The molecule has 194 valence electrons. The number of nitrogens with one attached hydrogen (secondary N) is 1. The van der Waals surface area contributed by atoms with E-state index in [4.69, 9.17) is 0 Å². The molecule has 1 fully saturated rings. The van der Waals surface area contributed by atoms with Gasteiger partial charge < -0.3 is 10.2 Å². The monoisotopic (exact) mass is 489 g/mol. The molecule has 2 heterocycles. The number of amides is 2. The maximum absolute atomic E-state index is 12.5. The first-order valence-electron chi connectivity index (χ1n) is 13.4. The fourth-order valence-corrected chi connectivity index (χ4v) is 3.95. The van der Waals surface area contributed by atoms with Crippen LogP contribution < -0.4 is 5.32 Å². The smallest absolute Gasteiger partial charge is 0.255 e. The normalized spacial score (nSPS) is 16.5. The van der Waals surface area contributed by atoms with E-state index < -0.39 is 0 Å². The van der Waals surface area contributed by atoms with E-state index >= 15 is 0 Å². The summed E-state index contributed by atoms with van der Waals surface area (Å²) >= 11 is 0. The molecule has 1 aliphatic heterocycles. The lowest BCUT2D eigenvalue weighted by molar-refractivity contribution is -0.121. The van der Waals surface area contributed by atoms with Gasteiger partial charge in [0.25, 0.3) is 5.91 Å². The summed E-state index contributed by atoms with van der Waals surface area (Å²) in [6.07, 6.45) is 33.4. The third-order valence-corrected chi connectivity index (χ3v) is 6.00. The van der Waals surface area contributed by atoms with Crippen molar-refractivity contribution in [2.24, 2.45) is 5.92 Å². The number of hydrogen-bond acceptors (Lipinski definition) is 3. The standard InChI is InChI=1S/C31H43N3O2/c1-2-3-4-5-6-7-8-9-10-11-12-13-14-15-16-17-18-21-30(35)33-25-28-22-24-34(27-28)31(36)29-20-19-23-32-26-29/h3-4,6-7,9-10,12-13,15-16,19-20,23,26,28H,2,5,8,11,14,17-18,21-22,24-25,27H2,1H3,(H,33,35)/t28-/m0/s1. The zero-order valence-corrected chi connectivity index (χ0v) is 21.9. The number of hydrogen-bond donors (Lipinski definition) is 1. The van der Waals surface area contributed by atoms with Crippen molar-refractivity contribution < 1.29 is 9.59 Å². The van der Waals surface area contributed by atoms with Crippen molar-refractivity contribution in [2.45, 2.75) is 64.7 Å². The number of rotatable bonds is 16. The van der Waals surface area contributed by atoms with Gasteiger partial charge in [0.2, 0.25) is 5.91 Å². The second-order valence-electron chi connectivity index (χ2n) is 9.05. The van der Waals surface area contributed by atoms with Crippen LogP contribution in [-0.4, -0.2) is 41.3 Å². The topological polar surface area (TPSA) is 62.3 Å². The van der Waals surface area contributed by atoms with Gasteiger partial charge in [-0.15, -0.1) is 0 Å². The van der Waals surface area contributed by atoms with E-state index in [1.54, 1.807) is 24.5 Å². The van der Waals surface area contributed by atoms with Gasteiger partial charge in [-0.2, -0.15) is 0 Å². The summed E-state index contributed by atoms with van der Waals surface area (Å²) in [6, 6.07) is 3.57. The van der Waals surface area contributed by atoms with Crippen LogP contribution in [0.2, 0.25) is 0 Å². The molecule has 2 rings (SSSR count). The Labute approximate surface area is 217 Å². The largest absolute Gasteiger partial charge is 0.356 e. The van der Waals surface area contributed by atoms with Crippen molar-refractivity contribution in [2.75, 3.05) is 19.6 Å². The number of unbranched alkanes of at least 4 members (excludes halogenated alkanes) is 1. The zero-order chi connectivity index (χ0) is 25.7. The summed E-state index contributed by atoms with van der Waals surface area (Å²) in [7, 11) is 0. The SMILES string of the molecule is CCC=CCC=CCC=CCC=CCC=CCCCC(=O)NC[C@@H]1CCN(C(=O)c2cccnc2)C1. The molecule has 1 aromatic heterocycles. The van der Waals surface area contributed by atoms with Gasteiger partial charge in [0.1, 0.15) is 0 Å². The van der Waals surface area contributed by atoms with Gasteiger partial charge in [-0.1, -0.05) is 67.7 Å². The molecule has 0 radical (unpaired) electrons. The highest BCUT2D eigenvalue weighted by atomic mass is 16.2. The van der Waals surface area contributed by atoms with Crippen LogP contribution in [0.3, 0.4) is 0 Å². The minimum atomic E-state index is 0.0222. The third-order valence-electron chi connectivity index (χ3n) is 6.00. The zero-order valence-electron chi connectivity index (χ0n) is 21.9. The van der Waals surface area contributed by atoms with E-state index in [0.29, 0.717) is 31.0 Å². The van der Waals surface area contributed by atoms with Crippen molar-refractivity contribution in [3.63, 3.8) is 0 Å². The van der Waals surface area contributed by atoms with Crippen LogP contribution in [-0.2, 0) is 4.79 Å². The first-order chi connectivity index (χ1) is 17.7. The van der Waals surface area contributed by atoms with Gasteiger partial charge in [0, 0.05) is 38.4 Å². The Hall–Kier alpha value is -3.21. The Morgan fingerprint density at radius 2 is 1.61 bits per heavy atom. The summed E-state index contributed by atoms with van der Waals surface area (Å²) in [5.74, 6) is 0.439. The van der Waals surface area contributed by atoms with Crippen LogP contribution in [0.4, 0.5) is 0 Å². The number of likely N-dealkylation sites (tertiary alicyclic amines) is 1. The Morgan fingerprint density at radius 1 is 0.972 bits per heavy atom. The van der Waals surface area contributed by atoms with E-state index in [0.717, 1.165) is 57.9 Å². The molecule has 1 N–H and O–H groups in total. The van der Waals surface area contributed by atoms with Gasteiger partial charge in [0.15, 0.2) is 0 Å². The van der Waals surface area contributed by atoms with Crippen LogP contribution >= 0.6 is 0 Å². The Bertz CT molecular complexity index is 900. The number of pyridine rings is 1. The maximum Gasteiger partial charge on any atom is 0.255 e. The first kappa shape index (κ1) is 29.0. The number of nitrogens with zero attached hydrogens (tertiary/aromatic N) is 2. The van der Waals surface area contributed by atoms with Crippen molar-refractivity contribution in [3.8, 4) is 0 Å². The fourth-order valence-electron chi connectivity index (χ4n) is 3.95. The second kappa shape index (κ2) is 19.0. The minimum Gasteiger partial charge on any atom is -0.356 e. The Morgan fingerprint density at radius 3 is 2.22 bits per heavy atom. The summed E-state index contributed by atoms with van der Waals surface area (Å²) in [4.78, 5) is 30.5. The fraction of sp³-hybridized carbons (Fsp3) is 0.452. The molecule has 1 aromatic rings. The number of allylic oxidation sites excluding steroid dienone is 10. The lowest BCUT2D eigenvalue weighted by atomic mass is 10.1. The van der Waals surface area contributed by atoms with Gasteiger partial charge in [0.05, 0.1) is 5.56 Å². The molecular formula is C31H43N3O2. The predicted molar refractivity (Wildman–Crippen MR) is 150 cm³/mol. The third kappa shape index (κ3) is 13.0. The minimum absolute atomic E-state index is 0.0222. The highest BCUT2D eigenvalue weighted by Gasteiger charge is 2.27. The molecule has 0 unspecified atom stereocenters. The average Bonchev–Trinajstić information content (AvgIpc) is 3.38. The summed E-state index contributed by atoms with van der Waals surface area (Å²) in [6.45, 7) is 4.21. The lowest BCUT2D eigenvalue weighted by Crippen LogP contribution is -2.33. The molecule has 0 saturated carbocycles. The molecule has 5 nitrogen and oxygen atoms in total. The maximum atomic E-state index is 12.5. The molecule has 1 atom stereocenters. The van der Waals surface area contributed by atoms with Gasteiger partial charge in [-0.05, 0) is 69.4 Å². The Balaban J connectivity index is 1.45. The molecule has 0 aromatic carbocycles. The van der Waals surface area contributed by atoms with Crippen LogP contribution in [0.25, 0.3) is 0 Å². The lowest BCUT2D eigenvalue weighted by Gasteiger charge is -2.16. The predicted octanol–water partition coefficient (Wildman–Crippen LogP) is 6.58. The van der Waals surface area contributed by atoms with Crippen LogP contribution in [0.5, 0.6) is 0 Å². The Kier molecular flexibility index (Phi) is 15.3. The molecule has 1 saturated heterocycles. The van der Waals surface area contributed by atoms with Crippen LogP contribution in [0.15, 0.2) is 85.3 Å². The summed E-state index contributed by atoms with van der Waals surface area (Å²) in [5, 5.41) is 3.04. The van der Waals surface area contributed by atoms with Crippen molar-refractivity contribution in [1.82, 2.24) is 15.2 Å². The van der Waals surface area contributed by atoms with Gasteiger partial charge in [-0.25, -0.2) is 0 Å². The molecule has 0 spiro atoms. The van der Waals surface area contributed by atoms with Crippen molar-refractivity contribution >= 4 is 11.8 Å². The van der Waals surface area contributed by atoms with Crippen molar-refractivity contribution in [3.05, 3.63) is 90.9 Å². The number of carbonyl (C=O) groups excluding carboxylic acids is 2. The first-order valence-corrected chi connectivity index (χ1v) is 13.4. The van der Waals surface area contributed by atoms with E-state index in [-0.39, 0.29) is 11.8 Å². The molecular weight excluding hydrogens is 446 g/mol. The second-order valence-corrected chi connectivity index (χ2v) is 9.05. The van der Waals surface area contributed by atoms with Gasteiger partial charge >= 0.3 is 0 Å². The van der Waals surface area contributed by atoms with Crippen LogP contribution in [0.1, 0.15) is 75.1 Å². The van der Waals surface area contributed by atoms with Gasteiger partial charge in [-0.3, -0.25) is 14.6 Å². The van der Waals surface area contributed by atoms with Crippen molar-refractivity contribution in [1.29, 1.82) is 0 Å². The van der Waals surface area contributed by atoms with E-state index in [1.807, 2.05) is 4.90 Å². The molecule has 0 bridgehead atoms. The summed E-state index contributed by atoms with van der Waals surface area (Å²) in [5.41, 5.74) is 0.622. The number of aromatic nitrogens is 1. The molecule has 0 aliphatic carbocycles. The highest BCUT2D eigenvalue weighted by molar-refractivity contribution is 5.94. The summed E-state index contributed by atoms with van der Waals surface area (Å²) < 4.78 is 0. The number of carbonyl (C=O) groups is 2.